The fraction of sp³-hybridized carbons (Fsp3) is 0.455. The molecule has 2 nitrogen and oxygen atoms in total. The molecule has 0 fully saturated rings. The largest absolute Gasteiger partial charge is 0.392 e. The Morgan fingerprint density at radius 3 is 2.44 bits per heavy atom. The van der Waals surface area contributed by atoms with Crippen molar-refractivity contribution in [3.63, 3.8) is 0 Å². The van der Waals surface area contributed by atoms with Crippen LogP contribution >= 0.6 is 11.8 Å². The molecule has 1 N–H and O–H groups in total. The van der Waals surface area contributed by atoms with E-state index < -0.39 is 11.6 Å². The molecule has 0 amide bonds. The standard InChI is InChI=1S/C11H14F2O2S/c1-15-3-2-4-16-11-9(12)5-8(7-14)6-10(11)13/h5-6,14H,2-4,7H2,1H3. The van der Waals surface area contributed by atoms with E-state index in [9.17, 15) is 8.78 Å². The molecule has 0 aliphatic rings. The smallest absolute Gasteiger partial charge is 0.140 e. The Kier molecular flexibility index (Phi) is 5.73. The molecule has 5 heteroatoms. The van der Waals surface area contributed by atoms with Crippen LogP contribution in [0.25, 0.3) is 0 Å². The number of aliphatic hydroxyl groups is 1. The van der Waals surface area contributed by atoms with Crippen LogP contribution in [0.3, 0.4) is 0 Å². The first-order chi connectivity index (χ1) is 7.69. The van der Waals surface area contributed by atoms with Crippen molar-refractivity contribution in [3.8, 4) is 0 Å². The highest BCUT2D eigenvalue weighted by Crippen LogP contribution is 2.26. The highest BCUT2D eigenvalue weighted by Gasteiger charge is 2.11. The Morgan fingerprint density at radius 2 is 1.94 bits per heavy atom. The number of ether oxygens (including phenoxy) is 1. The lowest BCUT2D eigenvalue weighted by Crippen LogP contribution is -1.95. The molecule has 0 aliphatic heterocycles. The van der Waals surface area contributed by atoms with E-state index in [0.29, 0.717) is 12.4 Å². The summed E-state index contributed by atoms with van der Waals surface area (Å²) in [6.07, 6.45) is 0.738. The molecule has 1 rings (SSSR count). The molecule has 0 aliphatic carbocycles. The maximum atomic E-state index is 13.4. The second-order valence-corrected chi connectivity index (χ2v) is 4.35. The third-order valence-corrected chi connectivity index (χ3v) is 3.15. The minimum Gasteiger partial charge on any atom is -0.392 e. The van der Waals surface area contributed by atoms with Gasteiger partial charge in [0.2, 0.25) is 0 Å². The lowest BCUT2D eigenvalue weighted by molar-refractivity contribution is 0.200. The van der Waals surface area contributed by atoms with Crippen molar-refractivity contribution in [2.75, 3.05) is 19.5 Å². The molecule has 1 aromatic carbocycles. The van der Waals surface area contributed by atoms with Crippen LogP contribution in [0.4, 0.5) is 8.78 Å². The molecule has 0 unspecified atom stereocenters. The summed E-state index contributed by atoms with van der Waals surface area (Å²) < 4.78 is 31.7. The van der Waals surface area contributed by atoms with Crippen LogP contribution in [-0.4, -0.2) is 24.6 Å². The van der Waals surface area contributed by atoms with Crippen molar-refractivity contribution >= 4 is 11.8 Å². The van der Waals surface area contributed by atoms with Crippen molar-refractivity contribution in [1.82, 2.24) is 0 Å². The molecule has 0 spiro atoms. The Hall–Kier alpha value is -0.650. The van der Waals surface area contributed by atoms with Crippen LogP contribution in [0.15, 0.2) is 17.0 Å². The van der Waals surface area contributed by atoms with Gasteiger partial charge in [-0.15, -0.1) is 11.8 Å². The van der Waals surface area contributed by atoms with Gasteiger partial charge >= 0.3 is 0 Å². The molecule has 0 saturated carbocycles. The molecular weight excluding hydrogens is 234 g/mol. The van der Waals surface area contributed by atoms with Crippen LogP contribution in [-0.2, 0) is 11.3 Å². The van der Waals surface area contributed by atoms with Gasteiger partial charge in [0.15, 0.2) is 0 Å². The van der Waals surface area contributed by atoms with Crippen molar-refractivity contribution in [3.05, 3.63) is 29.3 Å². The SMILES string of the molecule is COCCCSc1c(F)cc(CO)cc1F. The number of aliphatic hydroxyl groups excluding tert-OH is 1. The lowest BCUT2D eigenvalue weighted by atomic mass is 10.2. The van der Waals surface area contributed by atoms with E-state index in [0.717, 1.165) is 30.3 Å². The fourth-order valence-corrected chi connectivity index (χ4v) is 2.08. The highest BCUT2D eigenvalue weighted by atomic mass is 32.2. The molecule has 0 aromatic heterocycles. The van der Waals surface area contributed by atoms with Crippen LogP contribution in [0.2, 0.25) is 0 Å². The number of hydrogen-bond donors (Lipinski definition) is 1. The van der Waals surface area contributed by atoms with Gasteiger partial charge in [0, 0.05) is 19.5 Å². The van der Waals surface area contributed by atoms with Crippen molar-refractivity contribution in [2.24, 2.45) is 0 Å². The van der Waals surface area contributed by atoms with E-state index in [1.165, 1.54) is 0 Å². The maximum Gasteiger partial charge on any atom is 0.140 e. The Morgan fingerprint density at radius 1 is 1.31 bits per heavy atom. The summed E-state index contributed by atoms with van der Waals surface area (Å²) in [6, 6.07) is 2.31. The van der Waals surface area contributed by atoms with Gasteiger partial charge in [-0.2, -0.15) is 0 Å². The Balaban J connectivity index is 2.65. The zero-order chi connectivity index (χ0) is 12.0. The van der Waals surface area contributed by atoms with Gasteiger partial charge < -0.3 is 9.84 Å². The third kappa shape index (κ3) is 3.73. The quantitative estimate of drug-likeness (QED) is 0.620. The molecule has 0 heterocycles. The predicted octanol–water partition coefficient (Wildman–Crippen LogP) is 2.59. The first-order valence-corrected chi connectivity index (χ1v) is 5.88. The van der Waals surface area contributed by atoms with Crippen LogP contribution < -0.4 is 0 Å². The van der Waals surface area contributed by atoms with Gasteiger partial charge in [0.1, 0.15) is 11.6 Å². The summed E-state index contributed by atoms with van der Waals surface area (Å²) >= 11 is 1.12. The van der Waals surface area contributed by atoms with E-state index in [1.807, 2.05) is 0 Å². The molecule has 0 saturated heterocycles. The van der Waals surface area contributed by atoms with Crippen molar-refractivity contribution in [1.29, 1.82) is 0 Å². The summed E-state index contributed by atoms with van der Waals surface area (Å²) in [5.41, 5.74) is 0.247. The number of hydrogen-bond acceptors (Lipinski definition) is 3. The van der Waals surface area contributed by atoms with Crippen LogP contribution in [0.1, 0.15) is 12.0 Å². The van der Waals surface area contributed by atoms with Crippen LogP contribution in [0.5, 0.6) is 0 Å². The maximum absolute atomic E-state index is 13.4. The average molecular weight is 248 g/mol. The zero-order valence-corrected chi connectivity index (χ0v) is 9.82. The lowest BCUT2D eigenvalue weighted by Gasteiger charge is -2.06. The molecule has 16 heavy (non-hydrogen) atoms. The molecule has 0 atom stereocenters. The van der Waals surface area contributed by atoms with Gasteiger partial charge in [-0.3, -0.25) is 0 Å². The van der Waals surface area contributed by atoms with Crippen LogP contribution in [0, 0.1) is 11.6 Å². The average Bonchev–Trinajstić information content (AvgIpc) is 2.26. The Bertz CT molecular complexity index is 322. The van der Waals surface area contributed by atoms with Gasteiger partial charge in [0.25, 0.3) is 0 Å². The molecule has 90 valence electrons. The topological polar surface area (TPSA) is 29.5 Å². The third-order valence-electron chi connectivity index (χ3n) is 1.98. The van der Waals surface area contributed by atoms with E-state index >= 15 is 0 Å². The molecule has 0 radical (unpaired) electrons. The summed E-state index contributed by atoms with van der Waals surface area (Å²) in [5.74, 6) is -0.641. The summed E-state index contributed by atoms with van der Waals surface area (Å²) in [6.45, 7) is 0.216. The minimum absolute atomic E-state index is 0.00769. The first kappa shape index (κ1) is 13.4. The normalized spacial score (nSPS) is 10.8. The predicted molar refractivity (Wildman–Crippen MR) is 59.5 cm³/mol. The van der Waals surface area contributed by atoms with E-state index in [1.54, 1.807) is 7.11 Å². The fourth-order valence-electron chi connectivity index (χ4n) is 1.22. The first-order valence-electron chi connectivity index (χ1n) is 4.89. The Labute approximate surface area is 97.6 Å². The van der Waals surface area contributed by atoms with Gasteiger partial charge in [0.05, 0.1) is 11.5 Å². The molecule has 0 bridgehead atoms. The molecular formula is C11H14F2O2S. The number of halogens is 2. The van der Waals surface area contributed by atoms with Gasteiger partial charge in [-0.05, 0) is 24.1 Å². The van der Waals surface area contributed by atoms with Gasteiger partial charge in [-0.1, -0.05) is 0 Å². The number of benzene rings is 1. The highest BCUT2D eigenvalue weighted by molar-refractivity contribution is 7.99. The summed E-state index contributed by atoms with van der Waals surface area (Å²) in [5, 5.41) is 8.77. The number of methoxy groups -OCH3 is 1. The summed E-state index contributed by atoms with van der Waals surface area (Å²) in [7, 11) is 1.59. The second-order valence-electron chi connectivity index (χ2n) is 3.24. The minimum atomic E-state index is -0.619. The van der Waals surface area contributed by atoms with E-state index in [-0.39, 0.29) is 17.1 Å². The summed E-state index contributed by atoms with van der Waals surface area (Å²) in [4.78, 5) is 0.00769. The number of thioether (sulfide) groups is 1. The second kappa shape index (κ2) is 6.83. The number of rotatable bonds is 6. The van der Waals surface area contributed by atoms with E-state index in [2.05, 4.69) is 0 Å². The monoisotopic (exact) mass is 248 g/mol. The molecule has 1 aromatic rings. The zero-order valence-electron chi connectivity index (χ0n) is 9.00. The van der Waals surface area contributed by atoms with E-state index in [4.69, 9.17) is 9.84 Å². The van der Waals surface area contributed by atoms with Gasteiger partial charge in [-0.25, -0.2) is 8.78 Å². The van der Waals surface area contributed by atoms with Crippen molar-refractivity contribution in [2.45, 2.75) is 17.9 Å². The van der Waals surface area contributed by atoms with Crippen molar-refractivity contribution < 1.29 is 18.6 Å².